The molecule has 0 amide bonds. The van der Waals surface area contributed by atoms with Crippen LogP contribution in [0.3, 0.4) is 0 Å². The quantitative estimate of drug-likeness (QED) is 0.794. The van der Waals surface area contributed by atoms with Crippen molar-refractivity contribution < 1.29 is 14.6 Å². The molecule has 0 aromatic heterocycles. The molecule has 0 saturated heterocycles. The number of para-hydroxylation sites is 1. The van der Waals surface area contributed by atoms with Crippen LogP contribution in [0.25, 0.3) is 0 Å². The van der Waals surface area contributed by atoms with Crippen LogP contribution in [0.2, 0.25) is 0 Å². The van der Waals surface area contributed by atoms with Crippen molar-refractivity contribution in [2.75, 3.05) is 20.7 Å². The van der Waals surface area contributed by atoms with E-state index in [-0.39, 0.29) is 0 Å². The van der Waals surface area contributed by atoms with Crippen LogP contribution >= 0.6 is 0 Å². The van der Waals surface area contributed by atoms with E-state index in [1.807, 2.05) is 50.1 Å². The Morgan fingerprint density at radius 3 is 2.60 bits per heavy atom. The maximum Gasteiger partial charge on any atom is 0.310 e. The summed E-state index contributed by atoms with van der Waals surface area (Å²) in [5.74, 6) is 0.109. The van der Waals surface area contributed by atoms with Gasteiger partial charge in [-0.3, -0.25) is 4.79 Å². The highest BCUT2D eigenvalue weighted by Crippen LogP contribution is 2.26. The SMILES string of the molecule is CCCC(C)(CN(C)Cc1ccccc1OC)C(=O)O. The summed E-state index contributed by atoms with van der Waals surface area (Å²) in [4.78, 5) is 13.5. The molecule has 20 heavy (non-hydrogen) atoms. The van der Waals surface area contributed by atoms with Gasteiger partial charge in [-0.05, 0) is 26.5 Å². The highest BCUT2D eigenvalue weighted by atomic mass is 16.5. The molecule has 1 N–H and O–H groups in total. The van der Waals surface area contributed by atoms with Gasteiger partial charge in [-0.1, -0.05) is 31.5 Å². The number of hydrogen-bond acceptors (Lipinski definition) is 3. The van der Waals surface area contributed by atoms with E-state index in [2.05, 4.69) is 0 Å². The predicted molar refractivity (Wildman–Crippen MR) is 80.0 cm³/mol. The lowest BCUT2D eigenvalue weighted by atomic mass is 9.85. The number of rotatable bonds is 8. The molecule has 1 aromatic rings. The number of carboxylic acids is 1. The lowest BCUT2D eigenvalue weighted by Crippen LogP contribution is -2.39. The number of benzene rings is 1. The van der Waals surface area contributed by atoms with Crippen LogP contribution in [0.4, 0.5) is 0 Å². The third kappa shape index (κ3) is 4.23. The highest BCUT2D eigenvalue weighted by molar-refractivity contribution is 5.74. The summed E-state index contributed by atoms with van der Waals surface area (Å²) in [6.07, 6.45) is 1.55. The molecule has 1 rings (SSSR count). The van der Waals surface area contributed by atoms with Crippen molar-refractivity contribution in [2.24, 2.45) is 5.41 Å². The molecular formula is C16H25NO3. The van der Waals surface area contributed by atoms with E-state index >= 15 is 0 Å². The van der Waals surface area contributed by atoms with Crippen LogP contribution in [0.15, 0.2) is 24.3 Å². The van der Waals surface area contributed by atoms with Gasteiger partial charge >= 0.3 is 5.97 Å². The van der Waals surface area contributed by atoms with Crippen molar-refractivity contribution in [3.05, 3.63) is 29.8 Å². The largest absolute Gasteiger partial charge is 0.496 e. The minimum atomic E-state index is -0.730. The maximum absolute atomic E-state index is 11.5. The van der Waals surface area contributed by atoms with E-state index in [4.69, 9.17) is 4.74 Å². The van der Waals surface area contributed by atoms with Crippen LogP contribution < -0.4 is 4.74 Å². The Kier molecular flexibility index (Phi) is 6.02. The molecule has 0 bridgehead atoms. The van der Waals surface area contributed by atoms with Gasteiger partial charge in [0.05, 0.1) is 12.5 Å². The van der Waals surface area contributed by atoms with Gasteiger partial charge in [-0.25, -0.2) is 0 Å². The van der Waals surface area contributed by atoms with E-state index in [1.165, 1.54) is 0 Å². The average molecular weight is 279 g/mol. The standard InChI is InChI=1S/C16H25NO3/c1-5-10-16(2,15(18)19)12-17(3)11-13-8-6-7-9-14(13)20-4/h6-9H,5,10-12H2,1-4H3,(H,18,19). The Balaban J connectivity index is 2.75. The maximum atomic E-state index is 11.5. The molecule has 0 spiro atoms. The molecule has 0 fully saturated rings. The number of carbonyl (C=O) groups is 1. The fourth-order valence-corrected chi connectivity index (χ4v) is 2.58. The minimum Gasteiger partial charge on any atom is -0.496 e. The molecule has 0 heterocycles. The van der Waals surface area contributed by atoms with Crippen LogP contribution in [0, 0.1) is 5.41 Å². The topological polar surface area (TPSA) is 49.8 Å². The zero-order chi connectivity index (χ0) is 15.2. The van der Waals surface area contributed by atoms with Gasteiger partial charge in [0.2, 0.25) is 0 Å². The van der Waals surface area contributed by atoms with Crippen LogP contribution in [0.5, 0.6) is 5.75 Å². The van der Waals surface area contributed by atoms with Crippen molar-refractivity contribution >= 4 is 5.97 Å². The Hall–Kier alpha value is -1.55. The van der Waals surface area contributed by atoms with Crippen LogP contribution in [0.1, 0.15) is 32.3 Å². The molecule has 112 valence electrons. The van der Waals surface area contributed by atoms with E-state index in [9.17, 15) is 9.90 Å². The first-order valence-corrected chi connectivity index (χ1v) is 6.96. The normalized spacial score (nSPS) is 14.1. The number of hydrogen-bond donors (Lipinski definition) is 1. The van der Waals surface area contributed by atoms with Gasteiger partial charge in [0.15, 0.2) is 0 Å². The number of carboxylic acid groups (broad SMARTS) is 1. The predicted octanol–water partition coefficient (Wildman–Crippen LogP) is 3.02. The molecule has 0 radical (unpaired) electrons. The molecule has 0 aliphatic heterocycles. The van der Waals surface area contributed by atoms with Crippen LogP contribution in [-0.4, -0.2) is 36.7 Å². The van der Waals surface area contributed by atoms with Gasteiger partial charge in [0.1, 0.15) is 5.75 Å². The smallest absolute Gasteiger partial charge is 0.310 e. The molecule has 0 saturated carbocycles. The molecule has 1 atom stereocenters. The second-order valence-electron chi connectivity index (χ2n) is 5.60. The summed E-state index contributed by atoms with van der Waals surface area (Å²) < 4.78 is 5.33. The minimum absolute atomic E-state index is 0.522. The first-order chi connectivity index (χ1) is 9.42. The third-order valence-electron chi connectivity index (χ3n) is 3.57. The van der Waals surface area contributed by atoms with Gasteiger partial charge in [-0.2, -0.15) is 0 Å². The summed E-state index contributed by atoms with van der Waals surface area (Å²) >= 11 is 0. The van der Waals surface area contributed by atoms with Crippen molar-refractivity contribution in [1.82, 2.24) is 4.90 Å². The summed E-state index contributed by atoms with van der Waals surface area (Å²) in [6.45, 7) is 5.03. The van der Waals surface area contributed by atoms with Crippen molar-refractivity contribution in [1.29, 1.82) is 0 Å². The third-order valence-corrected chi connectivity index (χ3v) is 3.57. The van der Waals surface area contributed by atoms with E-state index < -0.39 is 11.4 Å². The molecule has 1 aromatic carbocycles. The van der Waals surface area contributed by atoms with Crippen molar-refractivity contribution in [3.8, 4) is 5.75 Å². The lowest BCUT2D eigenvalue weighted by Gasteiger charge is -2.30. The molecule has 1 unspecified atom stereocenters. The van der Waals surface area contributed by atoms with Gasteiger partial charge < -0.3 is 14.7 Å². The second-order valence-corrected chi connectivity index (χ2v) is 5.60. The fraction of sp³-hybridized carbons (Fsp3) is 0.562. The zero-order valence-corrected chi connectivity index (χ0v) is 12.8. The summed E-state index contributed by atoms with van der Waals surface area (Å²) in [5, 5.41) is 9.43. The number of aliphatic carboxylic acids is 1. The molecule has 0 aliphatic carbocycles. The average Bonchev–Trinajstić information content (AvgIpc) is 2.39. The molecule has 0 aliphatic rings. The zero-order valence-electron chi connectivity index (χ0n) is 12.8. The van der Waals surface area contributed by atoms with Crippen molar-refractivity contribution in [3.63, 3.8) is 0 Å². The summed E-state index contributed by atoms with van der Waals surface area (Å²) in [6, 6.07) is 7.83. The molecular weight excluding hydrogens is 254 g/mol. The summed E-state index contributed by atoms with van der Waals surface area (Å²) in [7, 11) is 3.60. The monoisotopic (exact) mass is 279 g/mol. The molecule has 4 nitrogen and oxygen atoms in total. The number of methoxy groups -OCH3 is 1. The van der Waals surface area contributed by atoms with Gasteiger partial charge in [-0.15, -0.1) is 0 Å². The first kappa shape index (κ1) is 16.5. The van der Waals surface area contributed by atoms with E-state index in [0.717, 1.165) is 17.7 Å². The van der Waals surface area contributed by atoms with Crippen LogP contribution in [-0.2, 0) is 11.3 Å². The number of nitrogens with zero attached hydrogens (tertiary/aromatic N) is 1. The van der Waals surface area contributed by atoms with Gasteiger partial charge in [0.25, 0.3) is 0 Å². The van der Waals surface area contributed by atoms with Gasteiger partial charge in [0, 0.05) is 18.7 Å². The Morgan fingerprint density at radius 1 is 1.40 bits per heavy atom. The second kappa shape index (κ2) is 7.29. The van der Waals surface area contributed by atoms with Crippen molar-refractivity contribution in [2.45, 2.75) is 33.2 Å². The van der Waals surface area contributed by atoms with E-state index in [0.29, 0.717) is 19.5 Å². The molecule has 4 heteroatoms. The Labute approximate surface area is 121 Å². The summed E-state index contributed by atoms with van der Waals surface area (Å²) in [5.41, 5.74) is 0.368. The van der Waals surface area contributed by atoms with E-state index in [1.54, 1.807) is 7.11 Å². The number of ether oxygens (including phenoxy) is 1. The Bertz CT molecular complexity index is 447. The lowest BCUT2D eigenvalue weighted by molar-refractivity contribution is -0.149. The fourth-order valence-electron chi connectivity index (χ4n) is 2.58. The highest BCUT2D eigenvalue weighted by Gasteiger charge is 2.33. The first-order valence-electron chi connectivity index (χ1n) is 6.96. The Morgan fingerprint density at radius 2 is 2.05 bits per heavy atom.